The van der Waals surface area contributed by atoms with Gasteiger partial charge in [-0.3, -0.25) is 4.79 Å². The molecular formula is C19H25NO2. The molecule has 0 spiro atoms. The van der Waals surface area contributed by atoms with Gasteiger partial charge in [0.1, 0.15) is 5.75 Å². The highest BCUT2D eigenvalue weighted by molar-refractivity contribution is 5.91. The molecule has 1 aromatic rings. The van der Waals surface area contributed by atoms with E-state index in [1.165, 1.54) is 25.7 Å². The lowest BCUT2D eigenvalue weighted by molar-refractivity contribution is -0.117. The zero-order valence-corrected chi connectivity index (χ0v) is 13.4. The summed E-state index contributed by atoms with van der Waals surface area (Å²) in [7, 11) is 1.65. The number of hydrogen-bond donors (Lipinski definition) is 1. The summed E-state index contributed by atoms with van der Waals surface area (Å²) in [5.74, 6) is 3.27. The van der Waals surface area contributed by atoms with Crippen LogP contribution in [0, 0.1) is 17.8 Å². The standard InChI is InChI=1S/C19H25NO2/c1-13(18-12-15-3-7-16(18)11-15)20-19(21)10-6-14-4-8-17(22-2)9-5-14/h4-6,8-10,13,15-16,18H,3,7,11-12H2,1-2H3,(H,20,21)/b10-6+/t13-,15+,16+,18-/m1/s1. The van der Waals surface area contributed by atoms with E-state index < -0.39 is 0 Å². The number of ether oxygens (including phenoxy) is 1. The van der Waals surface area contributed by atoms with Crippen molar-refractivity contribution in [3.8, 4) is 5.75 Å². The highest BCUT2D eigenvalue weighted by Crippen LogP contribution is 2.49. The largest absolute Gasteiger partial charge is 0.497 e. The summed E-state index contributed by atoms with van der Waals surface area (Å²) in [5.41, 5.74) is 1.00. The minimum Gasteiger partial charge on any atom is -0.497 e. The first kappa shape index (κ1) is 15.1. The zero-order valence-electron chi connectivity index (χ0n) is 13.4. The lowest BCUT2D eigenvalue weighted by Crippen LogP contribution is -2.39. The van der Waals surface area contributed by atoms with Crippen molar-refractivity contribution < 1.29 is 9.53 Å². The summed E-state index contributed by atoms with van der Waals surface area (Å²) in [4.78, 5) is 12.1. The molecule has 0 aromatic heterocycles. The molecule has 2 fully saturated rings. The Bertz CT molecular complexity index is 549. The Morgan fingerprint density at radius 2 is 2.05 bits per heavy atom. The summed E-state index contributed by atoms with van der Waals surface area (Å²) in [6.07, 6.45) is 8.92. The summed E-state index contributed by atoms with van der Waals surface area (Å²) in [5, 5.41) is 3.15. The second kappa shape index (κ2) is 6.55. The van der Waals surface area contributed by atoms with Gasteiger partial charge < -0.3 is 10.1 Å². The fraction of sp³-hybridized carbons (Fsp3) is 0.526. The van der Waals surface area contributed by atoms with Gasteiger partial charge in [-0.1, -0.05) is 18.6 Å². The van der Waals surface area contributed by atoms with Gasteiger partial charge >= 0.3 is 0 Å². The monoisotopic (exact) mass is 299 g/mol. The van der Waals surface area contributed by atoms with Gasteiger partial charge in [-0.15, -0.1) is 0 Å². The van der Waals surface area contributed by atoms with Gasteiger partial charge in [0.15, 0.2) is 0 Å². The van der Waals surface area contributed by atoms with Gasteiger partial charge in [0, 0.05) is 12.1 Å². The summed E-state index contributed by atoms with van der Waals surface area (Å²) in [6.45, 7) is 2.16. The topological polar surface area (TPSA) is 38.3 Å². The van der Waals surface area contributed by atoms with E-state index in [0.29, 0.717) is 5.92 Å². The number of hydrogen-bond acceptors (Lipinski definition) is 2. The average Bonchev–Trinajstić information content (AvgIpc) is 3.16. The molecule has 1 amide bonds. The normalized spacial score (nSPS) is 28.0. The van der Waals surface area contributed by atoms with Gasteiger partial charge in [-0.25, -0.2) is 0 Å². The molecule has 2 bridgehead atoms. The molecule has 0 aliphatic heterocycles. The lowest BCUT2D eigenvalue weighted by Gasteiger charge is -2.28. The van der Waals surface area contributed by atoms with Crippen LogP contribution in [0.5, 0.6) is 5.75 Å². The predicted octanol–water partition coefficient (Wildman–Crippen LogP) is 3.65. The second-order valence-corrected chi connectivity index (χ2v) is 6.74. The van der Waals surface area contributed by atoms with Crippen LogP contribution in [0.3, 0.4) is 0 Å². The van der Waals surface area contributed by atoms with Crippen molar-refractivity contribution in [3.63, 3.8) is 0 Å². The molecule has 0 saturated heterocycles. The molecule has 2 aliphatic carbocycles. The molecule has 1 N–H and O–H groups in total. The van der Waals surface area contributed by atoms with Crippen LogP contribution in [0.25, 0.3) is 6.08 Å². The maximum Gasteiger partial charge on any atom is 0.244 e. The highest BCUT2D eigenvalue weighted by atomic mass is 16.5. The van der Waals surface area contributed by atoms with Crippen LogP contribution in [0.1, 0.15) is 38.2 Å². The van der Waals surface area contributed by atoms with E-state index in [0.717, 1.165) is 23.1 Å². The Hall–Kier alpha value is -1.77. The molecule has 3 heteroatoms. The zero-order chi connectivity index (χ0) is 15.5. The molecule has 0 radical (unpaired) electrons. The highest BCUT2D eigenvalue weighted by Gasteiger charge is 2.41. The third kappa shape index (κ3) is 3.34. The van der Waals surface area contributed by atoms with E-state index in [-0.39, 0.29) is 11.9 Å². The molecule has 2 saturated carbocycles. The number of carbonyl (C=O) groups is 1. The first-order chi connectivity index (χ1) is 10.7. The predicted molar refractivity (Wildman–Crippen MR) is 88.6 cm³/mol. The quantitative estimate of drug-likeness (QED) is 0.843. The van der Waals surface area contributed by atoms with Gasteiger partial charge in [0.25, 0.3) is 0 Å². The number of rotatable bonds is 5. The smallest absolute Gasteiger partial charge is 0.244 e. The lowest BCUT2D eigenvalue weighted by atomic mass is 9.84. The van der Waals surface area contributed by atoms with Crippen LogP contribution in [0.2, 0.25) is 0 Å². The molecule has 4 atom stereocenters. The molecular weight excluding hydrogens is 274 g/mol. The third-order valence-electron chi connectivity index (χ3n) is 5.35. The molecule has 2 aliphatic rings. The van der Waals surface area contributed by atoms with Crippen LogP contribution in [-0.4, -0.2) is 19.1 Å². The SMILES string of the molecule is COc1ccc(/C=C/C(=O)N[C@H](C)[C@H]2C[C@H]3CC[C@H]2C3)cc1. The number of methoxy groups -OCH3 is 1. The van der Waals surface area contributed by atoms with E-state index in [2.05, 4.69) is 12.2 Å². The van der Waals surface area contributed by atoms with Crippen LogP contribution in [-0.2, 0) is 4.79 Å². The Kier molecular flexibility index (Phi) is 4.51. The minimum atomic E-state index is 0.00564. The third-order valence-corrected chi connectivity index (χ3v) is 5.35. The van der Waals surface area contributed by atoms with Crippen LogP contribution in [0.4, 0.5) is 0 Å². The molecule has 1 aromatic carbocycles. The second-order valence-electron chi connectivity index (χ2n) is 6.74. The molecule has 3 nitrogen and oxygen atoms in total. The minimum absolute atomic E-state index is 0.00564. The van der Waals surface area contributed by atoms with Crippen molar-refractivity contribution >= 4 is 12.0 Å². The Labute approximate surface area is 132 Å². The maximum atomic E-state index is 12.1. The Morgan fingerprint density at radius 3 is 2.64 bits per heavy atom. The number of amides is 1. The molecule has 118 valence electrons. The van der Waals surface area contributed by atoms with Crippen molar-refractivity contribution in [1.82, 2.24) is 5.32 Å². The van der Waals surface area contributed by atoms with E-state index in [9.17, 15) is 4.79 Å². The van der Waals surface area contributed by atoms with Gasteiger partial charge in [0.05, 0.1) is 7.11 Å². The Balaban J connectivity index is 1.52. The number of nitrogens with one attached hydrogen (secondary N) is 1. The summed E-state index contributed by atoms with van der Waals surface area (Å²) in [6, 6.07) is 7.97. The fourth-order valence-corrected chi connectivity index (χ4v) is 4.17. The van der Waals surface area contributed by atoms with Crippen molar-refractivity contribution in [2.45, 2.75) is 38.6 Å². The first-order valence-electron chi connectivity index (χ1n) is 8.28. The van der Waals surface area contributed by atoms with E-state index >= 15 is 0 Å². The van der Waals surface area contributed by atoms with E-state index in [4.69, 9.17) is 4.74 Å². The molecule has 3 rings (SSSR count). The number of benzene rings is 1. The number of fused-ring (bicyclic) bond motifs is 2. The van der Waals surface area contributed by atoms with Crippen molar-refractivity contribution in [3.05, 3.63) is 35.9 Å². The van der Waals surface area contributed by atoms with Crippen molar-refractivity contribution in [1.29, 1.82) is 0 Å². The van der Waals surface area contributed by atoms with Gasteiger partial charge in [-0.2, -0.15) is 0 Å². The van der Waals surface area contributed by atoms with E-state index in [1.54, 1.807) is 13.2 Å². The van der Waals surface area contributed by atoms with Crippen LogP contribution in [0.15, 0.2) is 30.3 Å². The summed E-state index contributed by atoms with van der Waals surface area (Å²) < 4.78 is 5.13. The van der Waals surface area contributed by atoms with Crippen molar-refractivity contribution in [2.75, 3.05) is 7.11 Å². The summed E-state index contributed by atoms with van der Waals surface area (Å²) >= 11 is 0. The van der Waals surface area contributed by atoms with E-state index in [1.807, 2.05) is 30.3 Å². The molecule has 22 heavy (non-hydrogen) atoms. The average molecular weight is 299 g/mol. The van der Waals surface area contributed by atoms with Gasteiger partial charge in [0.2, 0.25) is 5.91 Å². The first-order valence-corrected chi connectivity index (χ1v) is 8.28. The fourth-order valence-electron chi connectivity index (χ4n) is 4.17. The molecule has 0 unspecified atom stereocenters. The van der Waals surface area contributed by atoms with Gasteiger partial charge in [-0.05, 0) is 67.7 Å². The molecule has 0 heterocycles. The maximum absolute atomic E-state index is 12.1. The van der Waals surface area contributed by atoms with Crippen LogP contribution >= 0.6 is 0 Å². The van der Waals surface area contributed by atoms with Crippen molar-refractivity contribution in [2.24, 2.45) is 17.8 Å². The number of carbonyl (C=O) groups excluding carboxylic acids is 1. The Morgan fingerprint density at radius 1 is 1.27 bits per heavy atom. The van der Waals surface area contributed by atoms with Crippen LogP contribution < -0.4 is 10.1 Å².